The molecule has 2 aromatic heterocycles. The third-order valence-corrected chi connectivity index (χ3v) is 7.92. The molecule has 0 spiro atoms. The largest absolute Gasteiger partial charge is 0.476 e. The van der Waals surface area contributed by atoms with E-state index in [4.69, 9.17) is 18.9 Å². The summed E-state index contributed by atoms with van der Waals surface area (Å²) < 4.78 is 24.4. The molecule has 12 heteroatoms. The zero-order valence-corrected chi connectivity index (χ0v) is 25.7. The molecule has 1 aliphatic rings. The third-order valence-electron chi connectivity index (χ3n) is 6.21. The van der Waals surface area contributed by atoms with E-state index in [-0.39, 0.29) is 30.7 Å². The van der Waals surface area contributed by atoms with Gasteiger partial charge in [-0.25, -0.2) is 14.8 Å². The van der Waals surface area contributed by atoms with E-state index in [9.17, 15) is 9.59 Å². The van der Waals surface area contributed by atoms with Crippen LogP contribution in [0.2, 0.25) is 25.7 Å². The van der Waals surface area contributed by atoms with Gasteiger partial charge in [0, 0.05) is 53.0 Å². The van der Waals surface area contributed by atoms with Crippen LogP contribution < -0.4 is 10.1 Å². The van der Waals surface area contributed by atoms with Gasteiger partial charge < -0.3 is 33.7 Å². The van der Waals surface area contributed by atoms with Gasteiger partial charge in [-0.05, 0) is 40.2 Å². The summed E-state index contributed by atoms with van der Waals surface area (Å²) in [6, 6.07) is 0.876. The molecule has 0 aliphatic carbocycles. The number of fused-ring (bicyclic) bond motifs is 1. The van der Waals surface area contributed by atoms with Crippen molar-refractivity contribution < 1.29 is 28.5 Å². The average molecular weight is 564 g/mol. The number of carbonyl (C=O) groups is 2. The van der Waals surface area contributed by atoms with E-state index in [2.05, 4.69) is 34.9 Å². The Hall–Kier alpha value is -2.70. The van der Waals surface area contributed by atoms with Gasteiger partial charge >= 0.3 is 6.09 Å². The Morgan fingerprint density at radius 3 is 2.67 bits per heavy atom. The van der Waals surface area contributed by atoms with E-state index in [0.29, 0.717) is 55.5 Å². The molecule has 218 valence electrons. The third kappa shape index (κ3) is 9.47. The fraction of sp³-hybridized carbons (Fsp3) is 0.704. The lowest BCUT2D eigenvalue weighted by molar-refractivity contribution is 0.0284. The van der Waals surface area contributed by atoms with Gasteiger partial charge in [-0.15, -0.1) is 0 Å². The molecule has 2 amide bonds. The van der Waals surface area contributed by atoms with Crippen LogP contribution in [0.15, 0.2) is 12.4 Å². The predicted molar refractivity (Wildman–Crippen MR) is 152 cm³/mol. The van der Waals surface area contributed by atoms with Crippen molar-refractivity contribution in [3.8, 4) is 5.88 Å². The molecule has 39 heavy (non-hydrogen) atoms. The van der Waals surface area contributed by atoms with Gasteiger partial charge in [0.1, 0.15) is 17.8 Å². The van der Waals surface area contributed by atoms with Crippen LogP contribution in [0.25, 0.3) is 11.2 Å². The summed E-state index contributed by atoms with van der Waals surface area (Å²) in [5.41, 5.74) is 0.872. The topological polar surface area (TPSA) is 117 Å². The maximum atomic E-state index is 13.1. The highest BCUT2D eigenvalue weighted by atomic mass is 28.3. The molecule has 1 N–H and O–H groups in total. The number of nitrogens with zero attached hydrogens (tertiary/aromatic N) is 4. The molecule has 0 saturated carbocycles. The standard InChI is InChI=1S/C27H45N5O6Si/c1-19(16-35-5)29-25(33)21-15-32(18-36-11-12-39(6,7)8)24-23(21)30-22(13-28-24)37-17-20-9-10-31(14-20)26(34)38-27(2,3)4/h13,15,19-20H,9-12,14,16-18H2,1-8H3,(H,29,33)/t19-,20+/m0/s1. The highest BCUT2D eigenvalue weighted by Crippen LogP contribution is 2.24. The lowest BCUT2D eigenvalue weighted by Crippen LogP contribution is -2.35. The summed E-state index contributed by atoms with van der Waals surface area (Å²) in [6.07, 6.45) is 3.80. The van der Waals surface area contributed by atoms with Crippen LogP contribution in [0.3, 0.4) is 0 Å². The second kappa shape index (κ2) is 13.1. The van der Waals surface area contributed by atoms with Crippen molar-refractivity contribution >= 4 is 31.2 Å². The van der Waals surface area contributed by atoms with E-state index in [1.165, 1.54) is 0 Å². The van der Waals surface area contributed by atoms with Gasteiger partial charge in [0.15, 0.2) is 5.65 Å². The lowest BCUT2D eigenvalue weighted by Gasteiger charge is -2.24. The van der Waals surface area contributed by atoms with E-state index in [1.54, 1.807) is 24.4 Å². The van der Waals surface area contributed by atoms with Crippen molar-refractivity contribution in [2.24, 2.45) is 5.92 Å². The Labute approximate surface area is 232 Å². The normalized spacial score (nSPS) is 16.9. The molecule has 3 heterocycles. The summed E-state index contributed by atoms with van der Waals surface area (Å²) in [5.74, 6) is 0.215. The Bertz CT molecular complexity index is 1130. The number of hydrogen-bond donors (Lipinski definition) is 1. The maximum Gasteiger partial charge on any atom is 0.410 e. The van der Waals surface area contributed by atoms with Gasteiger partial charge in [0.2, 0.25) is 5.88 Å². The maximum absolute atomic E-state index is 13.1. The zero-order chi connectivity index (χ0) is 28.8. The molecular formula is C27H45N5O6Si. The molecule has 0 aromatic carbocycles. The number of nitrogens with one attached hydrogen (secondary N) is 1. The molecule has 1 aliphatic heterocycles. The molecule has 11 nitrogen and oxygen atoms in total. The monoisotopic (exact) mass is 563 g/mol. The van der Waals surface area contributed by atoms with Crippen LogP contribution in [-0.4, -0.2) is 91.2 Å². The van der Waals surface area contributed by atoms with Gasteiger partial charge in [0.05, 0.1) is 25.0 Å². The minimum absolute atomic E-state index is 0.150. The number of aromatic nitrogens is 3. The van der Waals surface area contributed by atoms with Crippen molar-refractivity contribution in [1.82, 2.24) is 24.8 Å². The Morgan fingerprint density at radius 2 is 2.00 bits per heavy atom. The summed E-state index contributed by atoms with van der Waals surface area (Å²) in [4.78, 5) is 36.4. The highest BCUT2D eigenvalue weighted by molar-refractivity contribution is 6.76. The number of methoxy groups -OCH3 is 1. The molecule has 0 unspecified atom stereocenters. The van der Waals surface area contributed by atoms with Crippen LogP contribution >= 0.6 is 0 Å². The van der Waals surface area contributed by atoms with Gasteiger partial charge in [-0.3, -0.25) is 4.79 Å². The number of ether oxygens (including phenoxy) is 4. The van der Waals surface area contributed by atoms with E-state index >= 15 is 0 Å². The first-order valence-electron chi connectivity index (χ1n) is 13.6. The van der Waals surface area contributed by atoms with Crippen molar-refractivity contribution in [2.45, 2.75) is 78.2 Å². The Morgan fingerprint density at radius 1 is 1.26 bits per heavy atom. The van der Waals surface area contributed by atoms with Gasteiger partial charge in [-0.2, -0.15) is 0 Å². The van der Waals surface area contributed by atoms with Crippen LogP contribution in [-0.2, 0) is 20.9 Å². The second-order valence-electron chi connectivity index (χ2n) is 12.5. The van der Waals surface area contributed by atoms with Crippen molar-refractivity contribution in [3.05, 3.63) is 18.0 Å². The highest BCUT2D eigenvalue weighted by Gasteiger charge is 2.30. The van der Waals surface area contributed by atoms with Crippen molar-refractivity contribution in [3.63, 3.8) is 0 Å². The summed E-state index contributed by atoms with van der Waals surface area (Å²) >= 11 is 0. The van der Waals surface area contributed by atoms with Gasteiger partial charge in [-0.1, -0.05) is 19.6 Å². The second-order valence-corrected chi connectivity index (χ2v) is 18.1. The first kappa shape index (κ1) is 30.8. The average Bonchev–Trinajstić information content (AvgIpc) is 3.44. The fourth-order valence-corrected chi connectivity index (χ4v) is 4.93. The first-order valence-corrected chi connectivity index (χ1v) is 17.3. The minimum Gasteiger partial charge on any atom is -0.476 e. The lowest BCUT2D eigenvalue weighted by atomic mass is 10.1. The van der Waals surface area contributed by atoms with E-state index in [0.717, 1.165) is 12.5 Å². The van der Waals surface area contributed by atoms with Crippen LogP contribution in [0.4, 0.5) is 4.79 Å². The SMILES string of the molecule is COC[C@H](C)NC(=O)c1cn(COCC[Si](C)(C)C)c2ncc(OC[C@@H]3CCN(C(=O)OC(C)(C)C)C3)nc12. The van der Waals surface area contributed by atoms with Crippen LogP contribution in [0.5, 0.6) is 5.88 Å². The fourth-order valence-electron chi connectivity index (χ4n) is 4.17. The summed E-state index contributed by atoms with van der Waals surface area (Å²) in [7, 11) is 0.375. The van der Waals surface area contributed by atoms with Crippen molar-refractivity contribution in [1.29, 1.82) is 0 Å². The summed E-state index contributed by atoms with van der Waals surface area (Å²) in [5, 5.41) is 2.95. The zero-order valence-electron chi connectivity index (χ0n) is 24.7. The number of carbonyl (C=O) groups excluding carboxylic acids is 2. The Kier molecular flexibility index (Phi) is 10.4. The smallest absolute Gasteiger partial charge is 0.410 e. The number of hydrogen-bond acceptors (Lipinski definition) is 8. The van der Waals surface area contributed by atoms with E-state index in [1.807, 2.05) is 32.3 Å². The molecular weight excluding hydrogens is 518 g/mol. The number of rotatable bonds is 12. The molecule has 3 rings (SSSR count). The molecule has 2 atom stereocenters. The molecule has 1 saturated heterocycles. The molecule has 0 radical (unpaired) electrons. The summed E-state index contributed by atoms with van der Waals surface area (Å²) in [6.45, 7) is 17.2. The molecule has 0 bridgehead atoms. The molecule has 2 aromatic rings. The Balaban J connectivity index is 1.71. The van der Waals surface area contributed by atoms with Gasteiger partial charge in [0.25, 0.3) is 5.91 Å². The van der Waals surface area contributed by atoms with Crippen LogP contribution in [0.1, 0.15) is 44.5 Å². The quantitative estimate of drug-likeness (QED) is 0.302. The number of amides is 2. The van der Waals surface area contributed by atoms with Crippen LogP contribution in [0, 0.1) is 5.92 Å². The van der Waals surface area contributed by atoms with E-state index < -0.39 is 13.7 Å². The predicted octanol–water partition coefficient (Wildman–Crippen LogP) is 4.14. The molecule has 1 fully saturated rings. The minimum atomic E-state index is -1.22. The number of likely N-dealkylation sites (tertiary alicyclic amines) is 1. The first-order chi connectivity index (χ1) is 18.3. The van der Waals surface area contributed by atoms with Crippen molar-refractivity contribution in [2.75, 3.05) is 40.0 Å².